The van der Waals surface area contributed by atoms with E-state index in [1.165, 1.54) is 0 Å². The molecule has 3 aromatic rings. The van der Waals surface area contributed by atoms with Crippen LogP contribution in [-0.2, 0) is 20.7 Å². The van der Waals surface area contributed by atoms with E-state index >= 15 is 0 Å². The van der Waals surface area contributed by atoms with Gasteiger partial charge in [-0.3, -0.25) is 14.4 Å². The normalized spacial score (nSPS) is 14.7. The molecule has 214 valence electrons. The van der Waals surface area contributed by atoms with Crippen LogP contribution in [0.2, 0.25) is 0 Å². The van der Waals surface area contributed by atoms with Crippen molar-refractivity contribution in [1.82, 2.24) is 20.0 Å². The topological polar surface area (TPSA) is 118 Å². The molecule has 0 spiro atoms. The summed E-state index contributed by atoms with van der Waals surface area (Å²) in [5.74, 6) is 0.592. The largest absolute Gasteiger partial charge is 0.635 e. The summed E-state index contributed by atoms with van der Waals surface area (Å²) in [6, 6.07) is 19.5. The summed E-state index contributed by atoms with van der Waals surface area (Å²) in [6.07, 6.45) is 0.527. The number of aromatic nitrogens is 2. The lowest BCUT2D eigenvalue weighted by atomic mass is 10.1. The molecule has 4 rings (SSSR count). The summed E-state index contributed by atoms with van der Waals surface area (Å²) in [6.45, 7) is 8.97. The van der Waals surface area contributed by atoms with E-state index in [9.17, 15) is 14.8 Å². The Bertz CT molecular complexity index is 1190. The molecule has 40 heavy (non-hydrogen) atoms. The molecule has 0 unspecified atom stereocenters. The summed E-state index contributed by atoms with van der Waals surface area (Å²) in [5, 5.41) is 26.0. The van der Waals surface area contributed by atoms with Gasteiger partial charge in [0.2, 0.25) is 5.91 Å². The number of nitrogens with zero attached hydrogens (tertiary/aromatic N) is 3. The SMILES string of the molecule is CC(C)C[C@H](NC(=O)Cn1nc(-c2cccc(OCCCN3CCOCC3)c2)cc1-c1ccccc1)OB(O)O. The van der Waals surface area contributed by atoms with Crippen LogP contribution in [0, 0.1) is 5.92 Å². The fraction of sp³-hybridized carbons (Fsp3) is 0.448. The van der Waals surface area contributed by atoms with Crippen molar-refractivity contribution in [3.05, 3.63) is 60.7 Å². The monoisotopic (exact) mass is 550 g/mol. The van der Waals surface area contributed by atoms with E-state index < -0.39 is 13.5 Å². The van der Waals surface area contributed by atoms with E-state index in [-0.39, 0.29) is 18.4 Å². The molecule has 3 N–H and O–H groups in total. The molecule has 2 heterocycles. The Balaban J connectivity index is 1.46. The summed E-state index contributed by atoms with van der Waals surface area (Å²) in [4.78, 5) is 15.4. The van der Waals surface area contributed by atoms with E-state index in [1.54, 1.807) is 4.68 Å². The lowest BCUT2D eigenvalue weighted by Crippen LogP contribution is -2.43. The van der Waals surface area contributed by atoms with Gasteiger partial charge in [-0.2, -0.15) is 5.10 Å². The summed E-state index contributed by atoms with van der Waals surface area (Å²) >= 11 is 0. The highest BCUT2D eigenvalue weighted by molar-refractivity contribution is 6.32. The Hall–Kier alpha value is -3.22. The number of benzene rings is 2. The van der Waals surface area contributed by atoms with Crippen molar-refractivity contribution in [1.29, 1.82) is 0 Å². The van der Waals surface area contributed by atoms with Crippen molar-refractivity contribution < 1.29 is 29.0 Å². The minimum absolute atomic E-state index is 0.0680. The van der Waals surface area contributed by atoms with Gasteiger partial charge in [0.1, 0.15) is 18.5 Å². The maximum atomic E-state index is 13.0. The molecule has 10 nitrogen and oxygen atoms in total. The molecular weight excluding hydrogens is 511 g/mol. The quantitative estimate of drug-likeness (QED) is 0.159. The molecule has 1 aromatic heterocycles. The van der Waals surface area contributed by atoms with E-state index in [0.29, 0.717) is 18.7 Å². The van der Waals surface area contributed by atoms with Gasteiger partial charge in [-0.05, 0) is 42.5 Å². The van der Waals surface area contributed by atoms with Crippen LogP contribution >= 0.6 is 0 Å². The van der Waals surface area contributed by atoms with E-state index in [4.69, 9.17) is 19.2 Å². The molecule has 1 saturated heterocycles. The van der Waals surface area contributed by atoms with Crippen molar-refractivity contribution in [3.8, 4) is 28.3 Å². The van der Waals surface area contributed by atoms with Gasteiger partial charge in [0.15, 0.2) is 0 Å². The van der Waals surface area contributed by atoms with Crippen molar-refractivity contribution in [2.45, 2.75) is 39.5 Å². The van der Waals surface area contributed by atoms with Gasteiger partial charge in [-0.25, -0.2) is 0 Å². The number of ether oxygens (including phenoxy) is 2. The Morgan fingerprint density at radius 2 is 1.82 bits per heavy atom. The van der Waals surface area contributed by atoms with Crippen LogP contribution in [0.15, 0.2) is 60.7 Å². The lowest BCUT2D eigenvalue weighted by molar-refractivity contribution is -0.125. The van der Waals surface area contributed by atoms with Crippen LogP contribution in [0.4, 0.5) is 0 Å². The third-order valence-electron chi connectivity index (χ3n) is 6.56. The van der Waals surface area contributed by atoms with E-state index in [0.717, 1.165) is 61.8 Å². The van der Waals surface area contributed by atoms with Crippen LogP contribution in [0.5, 0.6) is 5.75 Å². The van der Waals surface area contributed by atoms with Crippen molar-refractivity contribution in [3.63, 3.8) is 0 Å². The fourth-order valence-corrected chi connectivity index (χ4v) is 4.65. The maximum Gasteiger partial charge on any atom is 0.635 e. The van der Waals surface area contributed by atoms with Gasteiger partial charge in [-0.15, -0.1) is 0 Å². The molecular formula is C29H39BN4O6. The molecule has 11 heteroatoms. The molecule has 1 aliphatic rings. The number of rotatable bonds is 14. The first-order valence-electron chi connectivity index (χ1n) is 13.8. The van der Waals surface area contributed by atoms with Crippen LogP contribution in [-0.4, -0.2) is 83.6 Å². The highest BCUT2D eigenvalue weighted by atomic mass is 16.6. The van der Waals surface area contributed by atoms with Crippen molar-refractivity contribution in [2.75, 3.05) is 39.5 Å². The van der Waals surface area contributed by atoms with Gasteiger partial charge in [0, 0.05) is 25.2 Å². The standard InChI is InChI=1S/C29H39BN4O6/c1-22(2)18-29(40-30(36)37)31-28(35)21-34-27(23-8-4-3-5-9-23)20-26(32-34)24-10-6-11-25(19-24)39-15-7-12-33-13-16-38-17-14-33/h3-6,8-11,19-20,22,29,36-37H,7,12-18,21H2,1-2H3,(H,31,35)/t29-/m1/s1. The Morgan fingerprint density at radius 1 is 1.07 bits per heavy atom. The zero-order valence-electron chi connectivity index (χ0n) is 23.2. The van der Waals surface area contributed by atoms with Gasteiger partial charge < -0.3 is 29.5 Å². The molecule has 1 amide bonds. The van der Waals surface area contributed by atoms with Crippen LogP contribution in [0.3, 0.4) is 0 Å². The van der Waals surface area contributed by atoms with Gasteiger partial charge in [0.05, 0.1) is 31.2 Å². The van der Waals surface area contributed by atoms with Crippen LogP contribution < -0.4 is 10.1 Å². The predicted molar refractivity (Wildman–Crippen MR) is 153 cm³/mol. The molecule has 1 aliphatic heterocycles. The first kappa shape index (κ1) is 29.8. The van der Waals surface area contributed by atoms with Gasteiger partial charge >= 0.3 is 7.32 Å². The number of nitrogens with one attached hydrogen (secondary N) is 1. The summed E-state index contributed by atoms with van der Waals surface area (Å²) in [5.41, 5.74) is 3.30. The molecule has 0 aliphatic carbocycles. The number of morpholine rings is 1. The fourth-order valence-electron chi connectivity index (χ4n) is 4.65. The van der Waals surface area contributed by atoms with Gasteiger partial charge in [-0.1, -0.05) is 56.3 Å². The second-order valence-corrected chi connectivity index (χ2v) is 10.3. The molecule has 0 saturated carbocycles. The Morgan fingerprint density at radius 3 is 2.55 bits per heavy atom. The first-order valence-corrected chi connectivity index (χ1v) is 13.8. The van der Waals surface area contributed by atoms with Crippen LogP contribution in [0.25, 0.3) is 22.5 Å². The third-order valence-corrected chi connectivity index (χ3v) is 6.56. The third kappa shape index (κ3) is 9.17. The van der Waals surface area contributed by atoms with E-state index in [2.05, 4.69) is 10.2 Å². The first-order chi connectivity index (χ1) is 19.4. The minimum Gasteiger partial charge on any atom is -0.494 e. The molecule has 0 radical (unpaired) electrons. The van der Waals surface area contributed by atoms with E-state index in [1.807, 2.05) is 74.5 Å². The molecule has 0 bridgehead atoms. The minimum atomic E-state index is -1.98. The number of hydrogen-bond acceptors (Lipinski definition) is 8. The second-order valence-electron chi connectivity index (χ2n) is 10.3. The summed E-state index contributed by atoms with van der Waals surface area (Å²) in [7, 11) is -1.98. The average Bonchev–Trinajstić information content (AvgIpc) is 3.35. The lowest BCUT2D eigenvalue weighted by Gasteiger charge is -2.26. The van der Waals surface area contributed by atoms with Crippen LogP contribution in [0.1, 0.15) is 26.7 Å². The predicted octanol–water partition coefficient (Wildman–Crippen LogP) is 2.79. The van der Waals surface area contributed by atoms with Crippen molar-refractivity contribution in [2.24, 2.45) is 5.92 Å². The Kier molecular flexibility index (Phi) is 11.1. The average molecular weight is 550 g/mol. The summed E-state index contributed by atoms with van der Waals surface area (Å²) < 4.78 is 18.2. The molecule has 1 fully saturated rings. The zero-order chi connectivity index (χ0) is 28.3. The highest BCUT2D eigenvalue weighted by Crippen LogP contribution is 2.28. The number of carbonyl (C=O) groups excluding carboxylic acids is 1. The molecule has 1 atom stereocenters. The van der Waals surface area contributed by atoms with Crippen molar-refractivity contribution >= 4 is 13.2 Å². The number of carbonyl (C=O) groups is 1. The number of hydrogen-bond donors (Lipinski definition) is 3. The number of amides is 1. The maximum absolute atomic E-state index is 13.0. The smallest absolute Gasteiger partial charge is 0.494 e. The second kappa shape index (κ2) is 15.0. The zero-order valence-corrected chi connectivity index (χ0v) is 23.2. The highest BCUT2D eigenvalue weighted by Gasteiger charge is 2.22. The van der Waals surface area contributed by atoms with Gasteiger partial charge in [0.25, 0.3) is 0 Å². The Labute approximate surface area is 236 Å². The molecule has 2 aromatic carbocycles.